The quantitative estimate of drug-likeness (QED) is 0.580. The number of hydrogen-bond acceptors (Lipinski definition) is 8. The minimum Gasteiger partial charge on any atom is -0.508 e. The number of methoxy groups -OCH3 is 1. The summed E-state index contributed by atoms with van der Waals surface area (Å²) >= 11 is 0. The van der Waals surface area contributed by atoms with E-state index in [0.29, 0.717) is 43.1 Å². The number of hydrogen-bond donors (Lipinski definition) is 1. The lowest BCUT2D eigenvalue weighted by Gasteiger charge is -2.21. The Balaban J connectivity index is 1.44. The highest BCUT2D eigenvalue weighted by Crippen LogP contribution is 2.34. The summed E-state index contributed by atoms with van der Waals surface area (Å²) in [6, 6.07) is 11.1. The van der Waals surface area contributed by atoms with E-state index in [1.165, 1.54) is 0 Å². The highest BCUT2D eigenvalue weighted by atomic mass is 16.5. The van der Waals surface area contributed by atoms with E-state index < -0.39 is 0 Å². The van der Waals surface area contributed by atoms with Crippen molar-refractivity contribution >= 4 is 0 Å². The molecule has 1 aromatic carbocycles. The van der Waals surface area contributed by atoms with Crippen molar-refractivity contribution in [2.45, 2.75) is 25.4 Å². The topological polar surface area (TPSA) is 93.7 Å². The Morgan fingerprint density at radius 1 is 1.21 bits per heavy atom. The standard InChI is InChI=1S/C21H24N4O4/c1-27-11-12-28-19-9-8-15(13-22-19)20-23-21(29-24-20)17-6-4-10-25(17)14-16-5-2-3-7-18(16)26/h2-3,5,7-9,13,17,26H,4,6,10-12,14H2,1H3/t17-/m0/s1. The lowest BCUT2D eigenvalue weighted by atomic mass is 10.1. The minimum absolute atomic E-state index is 0.0421. The number of para-hydroxylation sites is 1. The molecule has 152 valence electrons. The first-order chi connectivity index (χ1) is 14.2. The van der Waals surface area contributed by atoms with Crippen molar-refractivity contribution in [3.05, 3.63) is 54.0 Å². The SMILES string of the molecule is COCCOc1ccc(-c2noc([C@@H]3CCCN3Cc3ccccc3O)n2)cn1. The highest BCUT2D eigenvalue weighted by Gasteiger charge is 2.31. The first-order valence-corrected chi connectivity index (χ1v) is 9.67. The maximum absolute atomic E-state index is 10.1. The van der Waals surface area contributed by atoms with Gasteiger partial charge in [-0.05, 0) is 31.5 Å². The lowest BCUT2D eigenvalue weighted by Crippen LogP contribution is -2.23. The molecule has 4 rings (SSSR count). The zero-order valence-electron chi connectivity index (χ0n) is 16.3. The monoisotopic (exact) mass is 396 g/mol. The molecule has 0 radical (unpaired) electrons. The summed E-state index contributed by atoms with van der Waals surface area (Å²) in [5.41, 5.74) is 1.66. The maximum Gasteiger partial charge on any atom is 0.244 e. The van der Waals surface area contributed by atoms with E-state index in [1.54, 1.807) is 25.4 Å². The summed E-state index contributed by atoms with van der Waals surface area (Å²) in [5, 5.41) is 14.2. The number of nitrogens with zero attached hydrogens (tertiary/aromatic N) is 4. The number of benzene rings is 1. The van der Waals surface area contributed by atoms with Crippen LogP contribution >= 0.6 is 0 Å². The van der Waals surface area contributed by atoms with E-state index in [4.69, 9.17) is 14.0 Å². The van der Waals surface area contributed by atoms with Crippen LogP contribution in [0.2, 0.25) is 0 Å². The first kappa shape index (κ1) is 19.4. The fraction of sp³-hybridized carbons (Fsp3) is 0.381. The Bertz CT molecular complexity index is 928. The third kappa shape index (κ3) is 4.55. The van der Waals surface area contributed by atoms with Gasteiger partial charge in [0.05, 0.1) is 12.6 Å². The van der Waals surface area contributed by atoms with Gasteiger partial charge in [0.25, 0.3) is 0 Å². The molecular weight excluding hydrogens is 372 g/mol. The molecule has 0 spiro atoms. The number of pyridine rings is 1. The number of likely N-dealkylation sites (tertiary alicyclic amines) is 1. The van der Waals surface area contributed by atoms with Gasteiger partial charge < -0.3 is 19.1 Å². The van der Waals surface area contributed by atoms with E-state index in [0.717, 1.165) is 30.5 Å². The van der Waals surface area contributed by atoms with E-state index in [1.807, 2.05) is 24.3 Å². The van der Waals surface area contributed by atoms with Crippen molar-refractivity contribution in [3.8, 4) is 23.0 Å². The van der Waals surface area contributed by atoms with Crippen LogP contribution in [0.3, 0.4) is 0 Å². The molecule has 1 saturated heterocycles. The molecule has 0 unspecified atom stereocenters. The fourth-order valence-corrected chi connectivity index (χ4v) is 3.47. The van der Waals surface area contributed by atoms with Crippen molar-refractivity contribution in [2.75, 3.05) is 26.9 Å². The van der Waals surface area contributed by atoms with Crippen LogP contribution in [0.25, 0.3) is 11.4 Å². The Hall–Kier alpha value is -2.97. The average molecular weight is 396 g/mol. The molecule has 8 heteroatoms. The molecule has 2 aromatic heterocycles. The van der Waals surface area contributed by atoms with E-state index in [2.05, 4.69) is 20.0 Å². The normalized spacial score (nSPS) is 16.9. The van der Waals surface area contributed by atoms with Gasteiger partial charge in [0, 0.05) is 37.0 Å². The van der Waals surface area contributed by atoms with Crippen LogP contribution in [0.15, 0.2) is 47.1 Å². The summed E-state index contributed by atoms with van der Waals surface area (Å²) < 4.78 is 16.0. The van der Waals surface area contributed by atoms with Gasteiger partial charge in [-0.2, -0.15) is 4.98 Å². The zero-order chi connectivity index (χ0) is 20.1. The second kappa shape index (κ2) is 9.02. The van der Waals surface area contributed by atoms with E-state index in [-0.39, 0.29) is 6.04 Å². The smallest absolute Gasteiger partial charge is 0.244 e. The second-order valence-electron chi connectivity index (χ2n) is 6.94. The number of phenols is 1. The molecule has 0 amide bonds. The number of aromatic nitrogens is 3. The van der Waals surface area contributed by atoms with Crippen molar-refractivity contribution in [3.63, 3.8) is 0 Å². The van der Waals surface area contributed by atoms with Crippen molar-refractivity contribution < 1.29 is 19.1 Å². The van der Waals surface area contributed by atoms with Crippen molar-refractivity contribution in [2.24, 2.45) is 0 Å². The Labute approximate surface area is 169 Å². The van der Waals surface area contributed by atoms with Crippen molar-refractivity contribution in [1.82, 2.24) is 20.0 Å². The molecule has 0 bridgehead atoms. The summed E-state index contributed by atoms with van der Waals surface area (Å²) in [4.78, 5) is 11.1. The summed E-state index contributed by atoms with van der Waals surface area (Å²) in [5.74, 6) is 1.93. The van der Waals surface area contributed by atoms with Gasteiger partial charge in [0.15, 0.2) is 0 Å². The van der Waals surface area contributed by atoms with Crippen molar-refractivity contribution in [1.29, 1.82) is 0 Å². The van der Waals surface area contributed by atoms with Crippen LogP contribution in [-0.4, -0.2) is 52.0 Å². The molecular formula is C21H24N4O4. The molecule has 8 nitrogen and oxygen atoms in total. The molecule has 29 heavy (non-hydrogen) atoms. The molecule has 1 fully saturated rings. The predicted molar refractivity (Wildman–Crippen MR) is 105 cm³/mol. The molecule has 1 N–H and O–H groups in total. The fourth-order valence-electron chi connectivity index (χ4n) is 3.47. The van der Waals surface area contributed by atoms with Gasteiger partial charge in [-0.3, -0.25) is 4.90 Å². The van der Waals surface area contributed by atoms with Gasteiger partial charge >= 0.3 is 0 Å². The molecule has 0 aliphatic carbocycles. The van der Waals surface area contributed by atoms with Crippen LogP contribution in [0.5, 0.6) is 11.6 Å². The van der Waals surface area contributed by atoms with Crippen LogP contribution in [-0.2, 0) is 11.3 Å². The zero-order valence-corrected chi connectivity index (χ0v) is 16.3. The summed E-state index contributed by atoms with van der Waals surface area (Å²) in [6.45, 7) is 2.52. The van der Waals surface area contributed by atoms with Gasteiger partial charge in [-0.1, -0.05) is 23.4 Å². The number of aromatic hydroxyl groups is 1. The molecule has 3 aromatic rings. The molecule has 3 heterocycles. The van der Waals surface area contributed by atoms with Gasteiger partial charge in [0.2, 0.25) is 17.6 Å². The minimum atomic E-state index is 0.0421. The van der Waals surface area contributed by atoms with Crippen LogP contribution in [0, 0.1) is 0 Å². The average Bonchev–Trinajstić information content (AvgIpc) is 3.40. The van der Waals surface area contributed by atoms with Crippen LogP contribution in [0.1, 0.15) is 30.3 Å². The maximum atomic E-state index is 10.1. The largest absolute Gasteiger partial charge is 0.508 e. The highest BCUT2D eigenvalue weighted by molar-refractivity contribution is 5.53. The van der Waals surface area contributed by atoms with E-state index in [9.17, 15) is 5.11 Å². The summed E-state index contributed by atoms with van der Waals surface area (Å²) in [7, 11) is 1.63. The van der Waals surface area contributed by atoms with Crippen LogP contribution < -0.4 is 4.74 Å². The number of rotatable bonds is 8. The molecule has 1 aliphatic rings. The van der Waals surface area contributed by atoms with E-state index >= 15 is 0 Å². The van der Waals surface area contributed by atoms with Gasteiger partial charge in [-0.25, -0.2) is 4.98 Å². The first-order valence-electron chi connectivity index (χ1n) is 9.67. The Morgan fingerprint density at radius 2 is 2.10 bits per heavy atom. The number of phenolic OH excluding ortho intramolecular Hbond substituents is 1. The Kier molecular flexibility index (Phi) is 6.02. The Morgan fingerprint density at radius 3 is 2.90 bits per heavy atom. The lowest BCUT2D eigenvalue weighted by molar-refractivity contribution is 0.144. The third-order valence-corrected chi connectivity index (χ3v) is 4.99. The molecule has 1 atom stereocenters. The second-order valence-corrected chi connectivity index (χ2v) is 6.94. The van der Waals surface area contributed by atoms with Gasteiger partial charge in [-0.15, -0.1) is 0 Å². The van der Waals surface area contributed by atoms with Gasteiger partial charge in [0.1, 0.15) is 12.4 Å². The van der Waals surface area contributed by atoms with Crippen LogP contribution in [0.4, 0.5) is 0 Å². The molecule has 1 aliphatic heterocycles. The molecule has 0 saturated carbocycles. The predicted octanol–water partition coefficient (Wildman–Crippen LogP) is 3.20. The third-order valence-electron chi connectivity index (χ3n) is 4.99. The number of ether oxygens (including phenoxy) is 2. The summed E-state index contributed by atoms with van der Waals surface area (Å²) in [6.07, 6.45) is 3.66.